The zero-order valence-electron chi connectivity index (χ0n) is 15.8. The van der Waals surface area contributed by atoms with Gasteiger partial charge in [-0.15, -0.1) is 0 Å². The summed E-state index contributed by atoms with van der Waals surface area (Å²) in [6, 6.07) is 7.75. The quantitative estimate of drug-likeness (QED) is 0.574. The number of ether oxygens (including phenoxy) is 1. The molecule has 2 aliphatic heterocycles. The van der Waals surface area contributed by atoms with E-state index in [1.807, 2.05) is 35.2 Å². The van der Waals surface area contributed by atoms with Crippen LogP contribution >= 0.6 is 11.8 Å². The molecule has 2 amide bonds. The maximum absolute atomic E-state index is 12.3. The molecule has 0 aromatic heterocycles. The molecule has 0 N–H and O–H groups in total. The summed E-state index contributed by atoms with van der Waals surface area (Å²) in [6.07, 6.45) is 4.01. The van der Waals surface area contributed by atoms with Gasteiger partial charge in [-0.2, -0.15) is 4.99 Å². The van der Waals surface area contributed by atoms with E-state index in [4.69, 9.17) is 4.74 Å². The van der Waals surface area contributed by atoms with Crippen LogP contribution in [0.15, 0.2) is 34.2 Å². The Labute approximate surface area is 164 Å². The van der Waals surface area contributed by atoms with Gasteiger partial charge in [-0.1, -0.05) is 25.5 Å². The van der Waals surface area contributed by atoms with Crippen molar-refractivity contribution < 1.29 is 14.3 Å². The molecule has 3 rings (SSSR count). The van der Waals surface area contributed by atoms with Crippen LogP contribution in [0.1, 0.15) is 32.3 Å². The first kappa shape index (κ1) is 19.5. The molecule has 2 aliphatic rings. The Kier molecular flexibility index (Phi) is 6.55. The van der Waals surface area contributed by atoms with Crippen molar-refractivity contribution in [2.24, 2.45) is 4.99 Å². The van der Waals surface area contributed by atoms with E-state index in [0.29, 0.717) is 31.1 Å². The third-order valence-electron chi connectivity index (χ3n) is 4.55. The maximum Gasteiger partial charge on any atom is 0.286 e. The molecule has 0 radical (unpaired) electrons. The van der Waals surface area contributed by atoms with Crippen LogP contribution in [0, 0.1) is 0 Å². The lowest BCUT2D eigenvalue weighted by Crippen LogP contribution is -2.49. The van der Waals surface area contributed by atoms with Crippen molar-refractivity contribution in [2.45, 2.75) is 26.7 Å². The van der Waals surface area contributed by atoms with Crippen molar-refractivity contribution >= 4 is 34.8 Å². The maximum atomic E-state index is 12.3. The normalized spacial score (nSPS) is 18.8. The minimum absolute atomic E-state index is 0.0921. The molecule has 0 atom stereocenters. The number of rotatable bonds is 5. The lowest BCUT2D eigenvalue weighted by atomic mass is 10.2. The lowest BCUT2D eigenvalue weighted by Gasteiger charge is -2.34. The molecule has 1 aromatic rings. The molecule has 1 fully saturated rings. The Morgan fingerprint density at radius 2 is 1.93 bits per heavy atom. The summed E-state index contributed by atoms with van der Waals surface area (Å²) in [5.41, 5.74) is 0.951. The van der Waals surface area contributed by atoms with Crippen molar-refractivity contribution in [1.82, 2.24) is 9.80 Å². The third-order valence-corrected chi connectivity index (χ3v) is 5.59. The number of benzene rings is 1. The van der Waals surface area contributed by atoms with Gasteiger partial charge in [0.1, 0.15) is 5.75 Å². The summed E-state index contributed by atoms with van der Waals surface area (Å²) in [7, 11) is 0. The second-order valence-electron chi connectivity index (χ2n) is 6.57. The van der Waals surface area contributed by atoms with Crippen LogP contribution in [-0.4, -0.2) is 59.6 Å². The third kappa shape index (κ3) is 5.13. The fourth-order valence-corrected chi connectivity index (χ4v) is 3.86. The standard InChI is InChI=1S/C20H25N3O3S/c1-3-4-13-26-17-7-5-16(6-8-17)14-18-19(25)21-20(27-18)23-11-9-22(10-12-23)15(2)24/h5-8,14H,3-4,9-13H2,1-2H3. The number of thioether (sulfide) groups is 1. The Morgan fingerprint density at radius 3 is 2.56 bits per heavy atom. The first-order valence-electron chi connectivity index (χ1n) is 9.32. The number of unbranched alkanes of at least 4 members (excludes halogenated alkanes) is 1. The van der Waals surface area contributed by atoms with E-state index in [0.717, 1.165) is 35.9 Å². The zero-order chi connectivity index (χ0) is 19.2. The molecule has 6 nitrogen and oxygen atoms in total. The first-order chi connectivity index (χ1) is 13.1. The number of hydrogen-bond donors (Lipinski definition) is 0. The number of piperazine rings is 1. The van der Waals surface area contributed by atoms with Gasteiger partial charge in [0.25, 0.3) is 5.91 Å². The molecular weight excluding hydrogens is 362 g/mol. The minimum atomic E-state index is -0.202. The molecule has 1 saturated heterocycles. The van der Waals surface area contributed by atoms with Crippen LogP contribution in [-0.2, 0) is 9.59 Å². The second kappa shape index (κ2) is 9.08. The smallest absolute Gasteiger partial charge is 0.286 e. The van der Waals surface area contributed by atoms with E-state index in [1.54, 1.807) is 6.92 Å². The van der Waals surface area contributed by atoms with E-state index in [-0.39, 0.29) is 11.8 Å². The number of amidine groups is 1. The molecule has 0 bridgehead atoms. The van der Waals surface area contributed by atoms with Crippen LogP contribution < -0.4 is 4.74 Å². The van der Waals surface area contributed by atoms with Crippen LogP contribution in [0.5, 0.6) is 5.75 Å². The molecule has 0 unspecified atom stereocenters. The van der Waals surface area contributed by atoms with Crippen molar-refractivity contribution in [3.8, 4) is 5.75 Å². The highest BCUT2D eigenvalue weighted by molar-refractivity contribution is 8.18. The molecule has 27 heavy (non-hydrogen) atoms. The van der Waals surface area contributed by atoms with Gasteiger partial charge in [0.2, 0.25) is 5.91 Å². The Bertz CT molecular complexity index is 750. The van der Waals surface area contributed by atoms with E-state index in [9.17, 15) is 9.59 Å². The predicted octanol–water partition coefficient (Wildman–Crippen LogP) is 3.00. The van der Waals surface area contributed by atoms with Gasteiger partial charge in [0.05, 0.1) is 11.5 Å². The fraction of sp³-hybridized carbons (Fsp3) is 0.450. The molecule has 7 heteroatoms. The summed E-state index contributed by atoms with van der Waals surface area (Å²) in [4.78, 5) is 32.4. The van der Waals surface area contributed by atoms with Crippen LogP contribution in [0.2, 0.25) is 0 Å². The fourth-order valence-electron chi connectivity index (χ4n) is 2.89. The van der Waals surface area contributed by atoms with E-state index in [1.165, 1.54) is 11.8 Å². The number of carbonyl (C=O) groups is 2. The summed E-state index contributed by atoms with van der Waals surface area (Å²) >= 11 is 1.40. The van der Waals surface area contributed by atoms with E-state index in [2.05, 4.69) is 16.8 Å². The topological polar surface area (TPSA) is 62.2 Å². The highest BCUT2D eigenvalue weighted by Crippen LogP contribution is 2.31. The molecule has 0 aliphatic carbocycles. The van der Waals surface area contributed by atoms with Crippen LogP contribution in [0.4, 0.5) is 0 Å². The average molecular weight is 388 g/mol. The largest absolute Gasteiger partial charge is 0.494 e. The summed E-state index contributed by atoms with van der Waals surface area (Å²) in [6.45, 7) is 7.19. The number of amides is 2. The minimum Gasteiger partial charge on any atom is -0.494 e. The number of aliphatic imine (C=N–C) groups is 1. The molecule has 2 heterocycles. The summed E-state index contributed by atoms with van der Waals surface area (Å²) in [5.74, 6) is 0.734. The Hall–Kier alpha value is -2.28. The van der Waals surface area contributed by atoms with Crippen molar-refractivity contribution in [1.29, 1.82) is 0 Å². The lowest BCUT2D eigenvalue weighted by molar-refractivity contribution is -0.130. The van der Waals surface area contributed by atoms with Crippen molar-refractivity contribution in [3.05, 3.63) is 34.7 Å². The Morgan fingerprint density at radius 1 is 1.22 bits per heavy atom. The van der Waals surface area contributed by atoms with E-state index >= 15 is 0 Å². The van der Waals surface area contributed by atoms with Gasteiger partial charge >= 0.3 is 0 Å². The molecule has 0 saturated carbocycles. The van der Waals surface area contributed by atoms with E-state index < -0.39 is 0 Å². The molecule has 1 aromatic carbocycles. The Balaban J connectivity index is 1.58. The number of nitrogens with zero attached hydrogens (tertiary/aromatic N) is 3. The van der Waals surface area contributed by atoms with Crippen molar-refractivity contribution in [3.63, 3.8) is 0 Å². The highest BCUT2D eigenvalue weighted by atomic mass is 32.2. The van der Waals surface area contributed by atoms with Gasteiger partial charge in [-0.05, 0) is 42.0 Å². The predicted molar refractivity (Wildman–Crippen MR) is 109 cm³/mol. The van der Waals surface area contributed by atoms with Gasteiger partial charge in [0, 0.05) is 33.1 Å². The molecular formula is C20H25N3O3S. The van der Waals surface area contributed by atoms with Gasteiger partial charge in [-0.3, -0.25) is 9.59 Å². The molecule has 144 valence electrons. The van der Waals surface area contributed by atoms with Crippen molar-refractivity contribution in [2.75, 3.05) is 32.8 Å². The first-order valence-corrected chi connectivity index (χ1v) is 10.1. The second-order valence-corrected chi connectivity index (χ2v) is 7.58. The zero-order valence-corrected chi connectivity index (χ0v) is 16.6. The monoisotopic (exact) mass is 387 g/mol. The summed E-state index contributed by atoms with van der Waals surface area (Å²) < 4.78 is 5.66. The molecule has 0 spiro atoms. The van der Waals surface area contributed by atoms with Gasteiger partial charge in [0.15, 0.2) is 5.17 Å². The number of carbonyl (C=O) groups excluding carboxylic acids is 2. The SMILES string of the molecule is CCCCOc1ccc(C=C2SC(N3CCN(C(C)=O)CC3)=NC2=O)cc1. The van der Waals surface area contributed by atoms with Gasteiger partial charge in [-0.25, -0.2) is 0 Å². The highest BCUT2D eigenvalue weighted by Gasteiger charge is 2.28. The summed E-state index contributed by atoms with van der Waals surface area (Å²) in [5, 5.41) is 0.731. The number of hydrogen-bond acceptors (Lipinski definition) is 5. The average Bonchev–Trinajstić information content (AvgIpc) is 3.04. The van der Waals surface area contributed by atoms with Gasteiger partial charge < -0.3 is 14.5 Å². The van der Waals surface area contributed by atoms with Crippen LogP contribution in [0.3, 0.4) is 0 Å². The van der Waals surface area contributed by atoms with Crippen LogP contribution in [0.25, 0.3) is 6.08 Å².